The minimum absolute atomic E-state index is 0.0169. The molecule has 5 rings (SSSR count). The van der Waals surface area contributed by atoms with Crippen LogP contribution < -0.4 is 0 Å². The summed E-state index contributed by atoms with van der Waals surface area (Å²) in [4.78, 5) is 16.4. The van der Waals surface area contributed by atoms with Crippen LogP contribution >= 0.6 is 0 Å². The molecule has 0 N–H and O–H groups in total. The fourth-order valence-electron chi connectivity index (χ4n) is 3.91. The lowest BCUT2D eigenvalue weighted by atomic mass is 9.95. The number of carbonyl (C=O) groups is 1. The van der Waals surface area contributed by atoms with Crippen LogP contribution in [-0.4, -0.2) is 30.2 Å². The van der Waals surface area contributed by atoms with Crippen molar-refractivity contribution in [3.05, 3.63) is 84.6 Å². The highest BCUT2D eigenvalue weighted by Crippen LogP contribution is 2.32. The lowest BCUT2D eigenvalue weighted by molar-refractivity contribution is -0.116. The first kappa shape index (κ1) is 20.7. The van der Waals surface area contributed by atoms with Crippen molar-refractivity contribution in [2.75, 3.05) is 0 Å². The van der Waals surface area contributed by atoms with Gasteiger partial charge in [-0.2, -0.15) is 10.2 Å². The van der Waals surface area contributed by atoms with Gasteiger partial charge >= 0.3 is 0 Å². The van der Waals surface area contributed by atoms with E-state index in [-0.39, 0.29) is 17.8 Å². The van der Waals surface area contributed by atoms with E-state index in [1.54, 1.807) is 39.9 Å². The molecule has 0 aliphatic carbocycles. The number of carbonyl (C=O) groups excluding carboxylic acids is 1. The highest BCUT2D eigenvalue weighted by Gasteiger charge is 2.15. The van der Waals surface area contributed by atoms with Gasteiger partial charge in [0, 0.05) is 60.4 Å². The molecule has 0 radical (unpaired) electrons. The average molecular weight is 443 g/mol. The maximum Gasteiger partial charge on any atom is 0.162 e. The Morgan fingerprint density at radius 1 is 0.879 bits per heavy atom. The highest BCUT2D eigenvalue weighted by molar-refractivity contribution is 5.84. The Bertz CT molecular complexity index is 1520. The summed E-state index contributed by atoms with van der Waals surface area (Å²) in [6.45, 7) is 1.50. The van der Waals surface area contributed by atoms with Crippen molar-refractivity contribution >= 4 is 11.4 Å². The zero-order valence-electron chi connectivity index (χ0n) is 18.0. The normalized spacial score (nSPS) is 11.3. The Morgan fingerprint density at radius 3 is 2.33 bits per heavy atom. The van der Waals surface area contributed by atoms with Gasteiger partial charge in [0.1, 0.15) is 17.4 Å². The number of Topliss-reactive ketones (excluding diaryl/α,β-unsaturated/α-hetero) is 1. The van der Waals surface area contributed by atoms with E-state index in [9.17, 15) is 13.6 Å². The summed E-state index contributed by atoms with van der Waals surface area (Å²) in [5.41, 5.74) is 5.41. The fourth-order valence-corrected chi connectivity index (χ4v) is 3.91. The second-order valence-corrected chi connectivity index (χ2v) is 7.99. The van der Waals surface area contributed by atoms with E-state index in [1.165, 1.54) is 19.1 Å². The van der Waals surface area contributed by atoms with Crippen LogP contribution in [0, 0.1) is 11.6 Å². The molecule has 3 aromatic heterocycles. The molecule has 8 heteroatoms. The molecule has 0 unspecified atom stereocenters. The largest absolute Gasteiger partial charge is 0.300 e. The summed E-state index contributed by atoms with van der Waals surface area (Å²) in [6.07, 6.45) is 9.14. The number of nitrogens with zero attached hydrogens (tertiary/aromatic N) is 5. The molecule has 33 heavy (non-hydrogen) atoms. The van der Waals surface area contributed by atoms with Crippen LogP contribution in [0.3, 0.4) is 0 Å². The summed E-state index contributed by atoms with van der Waals surface area (Å²) in [6, 6.07) is 8.89. The first-order valence-electron chi connectivity index (χ1n) is 10.3. The second-order valence-electron chi connectivity index (χ2n) is 7.99. The number of rotatable bonds is 5. The van der Waals surface area contributed by atoms with E-state index >= 15 is 0 Å². The van der Waals surface area contributed by atoms with Crippen molar-refractivity contribution in [2.24, 2.45) is 7.05 Å². The van der Waals surface area contributed by atoms with Gasteiger partial charge in [-0.1, -0.05) is 12.1 Å². The second kappa shape index (κ2) is 8.05. The molecular weight excluding hydrogens is 424 g/mol. The molecule has 0 saturated carbocycles. The van der Waals surface area contributed by atoms with Crippen molar-refractivity contribution in [1.82, 2.24) is 24.4 Å². The fraction of sp³-hybridized carbons (Fsp3) is 0.120. The minimum atomic E-state index is -0.667. The van der Waals surface area contributed by atoms with Crippen molar-refractivity contribution in [3.8, 4) is 33.4 Å². The van der Waals surface area contributed by atoms with Crippen LogP contribution in [0.15, 0.2) is 67.4 Å². The number of aromatic nitrogens is 5. The maximum absolute atomic E-state index is 14.5. The SMILES string of the molecule is CC(=O)Cc1cc(-c2ccc(F)cc2F)cc(-c2cnn3cc(-c4cnn(C)c4)cnc23)c1. The zero-order chi connectivity index (χ0) is 23.1. The predicted molar refractivity (Wildman–Crippen MR) is 120 cm³/mol. The Morgan fingerprint density at radius 2 is 1.64 bits per heavy atom. The Kier molecular flexibility index (Phi) is 5.05. The summed E-state index contributed by atoms with van der Waals surface area (Å²) >= 11 is 0. The molecule has 0 fully saturated rings. The van der Waals surface area contributed by atoms with Crippen LogP contribution in [-0.2, 0) is 18.3 Å². The lowest BCUT2D eigenvalue weighted by Crippen LogP contribution is -1.98. The van der Waals surface area contributed by atoms with Gasteiger partial charge in [0.25, 0.3) is 0 Å². The van der Waals surface area contributed by atoms with Crippen molar-refractivity contribution in [2.45, 2.75) is 13.3 Å². The third-order valence-corrected chi connectivity index (χ3v) is 5.39. The van der Waals surface area contributed by atoms with Crippen LogP contribution in [0.25, 0.3) is 39.0 Å². The van der Waals surface area contributed by atoms with Crippen LogP contribution in [0.2, 0.25) is 0 Å². The Hall–Kier alpha value is -4.20. The number of fused-ring (bicyclic) bond motifs is 1. The summed E-state index contributed by atoms with van der Waals surface area (Å²) < 4.78 is 31.3. The first-order valence-corrected chi connectivity index (χ1v) is 10.3. The number of hydrogen-bond acceptors (Lipinski definition) is 4. The first-order chi connectivity index (χ1) is 15.9. The van der Waals surface area contributed by atoms with E-state index in [4.69, 9.17) is 0 Å². The van der Waals surface area contributed by atoms with Gasteiger partial charge in [-0.3, -0.25) is 9.48 Å². The minimum Gasteiger partial charge on any atom is -0.300 e. The van der Waals surface area contributed by atoms with Gasteiger partial charge in [-0.25, -0.2) is 18.3 Å². The molecule has 5 aromatic rings. The molecule has 0 atom stereocenters. The summed E-state index contributed by atoms with van der Waals surface area (Å²) in [5.74, 6) is -1.33. The van der Waals surface area contributed by atoms with E-state index in [0.717, 1.165) is 33.9 Å². The predicted octanol–water partition coefficient (Wildman–Crippen LogP) is 4.87. The monoisotopic (exact) mass is 443 g/mol. The number of halogens is 2. The molecule has 6 nitrogen and oxygen atoms in total. The molecule has 0 bridgehead atoms. The van der Waals surface area contributed by atoms with Crippen molar-refractivity contribution in [3.63, 3.8) is 0 Å². The molecule has 164 valence electrons. The zero-order valence-corrected chi connectivity index (χ0v) is 18.0. The molecular formula is C25H19F2N5O. The van der Waals surface area contributed by atoms with Crippen LogP contribution in [0.4, 0.5) is 8.78 Å². The molecule has 0 saturated heterocycles. The van der Waals surface area contributed by atoms with Gasteiger partial charge in [0.2, 0.25) is 0 Å². The third-order valence-electron chi connectivity index (χ3n) is 5.39. The smallest absolute Gasteiger partial charge is 0.162 e. The van der Waals surface area contributed by atoms with Crippen molar-refractivity contribution in [1.29, 1.82) is 0 Å². The van der Waals surface area contributed by atoms with Gasteiger partial charge in [-0.05, 0) is 41.8 Å². The van der Waals surface area contributed by atoms with Crippen LogP contribution in [0.5, 0.6) is 0 Å². The summed E-state index contributed by atoms with van der Waals surface area (Å²) in [5, 5.41) is 8.63. The maximum atomic E-state index is 14.5. The third kappa shape index (κ3) is 4.03. The average Bonchev–Trinajstić information content (AvgIpc) is 3.38. The molecule has 0 aliphatic heterocycles. The quantitative estimate of drug-likeness (QED) is 0.389. The van der Waals surface area contributed by atoms with Gasteiger partial charge < -0.3 is 0 Å². The van der Waals surface area contributed by atoms with E-state index in [0.29, 0.717) is 11.2 Å². The molecule has 0 aliphatic rings. The van der Waals surface area contributed by atoms with Crippen molar-refractivity contribution < 1.29 is 13.6 Å². The molecule has 0 amide bonds. The Balaban J connectivity index is 1.64. The van der Waals surface area contributed by atoms with E-state index in [2.05, 4.69) is 15.2 Å². The van der Waals surface area contributed by atoms with E-state index in [1.807, 2.05) is 25.5 Å². The van der Waals surface area contributed by atoms with Gasteiger partial charge in [0.05, 0.1) is 12.4 Å². The van der Waals surface area contributed by atoms with Gasteiger partial charge in [-0.15, -0.1) is 0 Å². The number of aryl methyl sites for hydroxylation is 1. The Labute approximate surface area is 188 Å². The van der Waals surface area contributed by atoms with Gasteiger partial charge in [0.15, 0.2) is 5.65 Å². The topological polar surface area (TPSA) is 65.1 Å². The molecule has 2 aromatic carbocycles. The lowest BCUT2D eigenvalue weighted by Gasteiger charge is -2.10. The number of ketones is 1. The van der Waals surface area contributed by atoms with Crippen LogP contribution in [0.1, 0.15) is 12.5 Å². The standard InChI is InChI=1S/C25H19F2N5O/c1-15(33)5-16-6-17(22-4-3-21(26)9-24(22)27)8-18(7-16)23-12-30-32-14-19(10-28-25(23)32)20-11-29-31(2)13-20/h3-4,6-14H,5H2,1-2H3. The molecule has 0 spiro atoms. The number of hydrogen-bond donors (Lipinski definition) is 0. The number of benzene rings is 2. The summed E-state index contributed by atoms with van der Waals surface area (Å²) in [7, 11) is 1.84. The molecule has 3 heterocycles. The van der Waals surface area contributed by atoms with E-state index < -0.39 is 11.6 Å². The highest BCUT2D eigenvalue weighted by atomic mass is 19.1.